The van der Waals surface area contributed by atoms with Gasteiger partial charge in [0.25, 0.3) is 0 Å². The van der Waals surface area contributed by atoms with Crippen LogP contribution in [-0.4, -0.2) is 9.13 Å². The first kappa shape index (κ1) is 26.8. The van der Waals surface area contributed by atoms with Crippen molar-refractivity contribution in [2.24, 2.45) is 0 Å². The van der Waals surface area contributed by atoms with Crippen molar-refractivity contribution in [3.63, 3.8) is 0 Å². The summed E-state index contributed by atoms with van der Waals surface area (Å²) in [6, 6.07) is 66.2. The number of benzene rings is 8. The number of nitrogens with zero attached hydrogens (tertiary/aromatic N) is 2. The minimum atomic E-state index is 1.15. The van der Waals surface area contributed by atoms with Crippen LogP contribution in [0.3, 0.4) is 0 Å². The molecule has 0 fully saturated rings. The van der Waals surface area contributed by atoms with Crippen molar-refractivity contribution < 1.29 is 0 Å². The summed E-state index contributed by atoms with van der Waals surface area (Å²) in [4.78, 5) is 0. The molecule has 2 heteroatoms. The molecular weight excluding hydrogens is 581 g/mol. The molecule has 0 radical (unpaired) electrons. The number of hydrogen-bond donors (Lipinski definition) is 0. The first-order chi connectivity index (χ1) is 23.8. The van der Waals surface area contributed by atoms with Gasteiger partial charge in [0.2, 0.25) is 0 Å². The second kappa shape index (κ2) is 10.6. The van der Waals surface area contributed by atoms with Crippen molar-refractivity contribution in [2.45, 2.75) is 0 Å². The van der Waals surface area contributed by atoms with Crippen LogP contribution in [0.25, 0.3) is 88.0 Å². The standard InChI is InChI=1S/C46H30N2/c1-3-11-31(12-4-1)36-23-26-40-42-28-27-41-39-17-9-10-18-43(39)47(45(41)46(42)48(44(40)30-36)37-15-5-2-6-16-37)38-24-21-33(22-25-38)35-20-19-32-13-7-8-14-34(32)29-35/h1-30H. The molecule has 0 aliphatic carbocycles. The molecule has 0 bridgehead atoms. The van der Waals surface area contributed by atoms with E-state index >= 15 is 0 Å². The molecule has 2 nitrogen and oxygen atoms in total. The van der Waals surface area contributed by atoms with Crippen LogP contribution in [-0.2, 0) is 0 Å². The van der Waals surface area contributed by atoms with Crippen LogP contribution in [0, 0.1) is 0 Å². The minimum absolute atomic E-state index is 1.15. The van der Waals surface area contributed by atoms with Gasteiger partial charge in [-0.25, -0.2) is 0 Å². The number of rotatable bonds is 4. The van der Waals surface area contributed by atoms with Crippen LogP contribution in [0.15, 0.2) is 182 Å². The van der Waals surface area contributed by atoms with Crippen LogP contribution in [0.4, 0.5) is 0 Å². The van der Waals surface area contributed by atoms with E-state index in [2.05, 4.69) is 191 Å². The fourth-order valence-electron chi connectivity index (χ4n) is 7.64. The third kappa shape index (κ3) is 4.06. The molecule has 0 atom stereocenters. The maximum atomic E-state index is 2.47. The highest BCUT2D eigenvalue weighted by Crippen LogP contribution is 2.42. The fraction of sp³-hybridized carbons (Fsp3) is 0. The Kier molecular flexibility index (Phi) is 5.91. The first-order valence-electron chi connectivity index (χ1n) is 16.5. The molecule has 0 N–H and O–H groups in total. The van der Waals surface area contributed by atoms with Gasteiger partial charge in [0.1, 0.15) is 0 Å². The van der Waals surface area contributed by atoms with Crippen molar-refractivity contribution in [3.8, 4) is 33.6 Å². The monoisotopic (exact) mass is 610 g/mol. The summed E-state index contributed by atoms with van der Waals surface area (Å²) in [6.45, 7) is 0. The molecule has 0 unspecified atom stereocenters. The zero-order chi connectivity index (χ0) is 31.6. The third-order valence-corrected chi connectivity index (χ3v) is 9.89. The van der Waals surface area contributed by atoms with E-state index in [1.54, 1.807) is 0 Å². The summed E-state index contributed by atoms with van der Waals surface area (Å²) in [7, 11) is 0. The van der Waals surface area contributed by atoms with Crippen LogP contribution in [0.2, 0.25) is 0 Å². The zero-order valence-corrected chi connectivity index (χ0v) is 26.2. The highest BCUT2D eigenvalue weighted by atomic mass is 15.0. The van der Waals surface area contributed by atoms with Gasteiger partial charge in [-0.1, -0.05) is 140 Å². The Morgan fingerprint density at radius 2 is 0.771 bits per heavy atom. The van der Waals surface area contributed by atoms with Gasteiger partial charge >= 0.3 is 0 Å². The molecule has 0 spiro atoms. The van der Waals surface area contributed by atoms with Crippen LogP contribution >= 0.6 is 0 Å². The molecule has 2 aromatic heterocycles. The van der Waals surface area contributed by atoms with E-state index in [1.165, 1.54) is 76.6 Å². The summed E-state index contributed by atoms with van der Waals surface area (Å²) in [5.41, 5.74) is 12.0. The lowest BCUT2D eigenvalue weighted by Crippen LogP contribution is -1.98. The van der Waals surface area contributed by atoms with Gasteiger partial charge in [0, 0.05) is 32.9 Å². The molecule has 0 saturated carbocycles. The van der Waals surface area contributed by atoms with Gasteiger partial charge in [-0.2, -0.15) is 0 Å². The smallest absolute Gasteiger partial charge is 0.0788 e. The SMILES string of the molecule is c1ccc(-c2ccc3c4ccc5c6ccccc6n(-c6ccc(-c7ccc8ccccc8c7)cc6)c5c4n(-c4ccccc4)c3c2)cc1. The summed E-state index contributed by atoms with van der Waals surface area (Å²) in [6.07, 6.45) is 0. The van der Waals surface area contributed by atoms with Gasteiger partial charge in [-0.05, 0) is 75.5 Å². The van der Waals surface area contributed by atoms with E-state index in [1.807, 2.05) is 0 Å². The Bertz CT molecular complexity index is 2800. The molecule has 0 saturated heterocycles. The number of fused-ring (bicyclic) bond motifs is 8. The lowest BCUT2D eigenvalue weighted by Gasteiger charge is -2.13. The largest absolute Gasteiger partial charge is 0.307 e. The quantitative estimate of drug-likeness (QED) is 0.188. The molecule has 224 valence electrons. The van der Waals surface area contributed by atoms with E-state index < -0.39 is 0 Å². The lowest BCUT2D eigenvalue weighted by molar-refractivity contribution is 1.15. The molecule has 48 heavy (non-hydrogen) atoms. The van der Waals surface area contributed by atoms with Crippen LogP contribution < -0.4 is 0 Å². The average molecular weight is 611 g/mol. The first-order valence-corrected chi connectivity index (χ1v) is 16.5. The zero-order valence-electron chi connectivity index (χ0n) is 26.2. The topological polar surface area (TPSA) is 9.86 Å². The van der Waals surface area contributed by atoms with Gasteiger partial charge in [0.15, 0.2) is 0 Å². The molecule has 0 aliphatic rings. The lowest BCUT2D eigenvalue weighted by atomic mass is 10.0. The summed E-state index contributed by atoms with van der Waals surface area (Å²) in [5.74, 6) is 0. The van der Waals surface area contributed by atoms with Gasteiger partial charge < -0.3 is 9.13 Å². The predicted octanol–water partition coefficient (Wildman–Crippen LogP) is 12.4. The van der Waals surface area contributed by atoms with Gasteiger partial charge in [0.05, 0.1) is 22.1 Å². The maximum Gasteiger partial charge on any atom is 0.0788 e. The van der Waals surface area contributed by atoms with Crippen LogP contribution in [0.1, 0.15) is 0 Å². The Hall–Kier alpha value is -6.38. The second-order valence-electron chi connectivity index (χ2n) is 12.6. The van der Waals surface area contributed by atoms with E-state index in [-0.39, 0.29) is 0 Å². The Morgan fingerprint density at radius 3 is 1.54 bits per heavy atom. The van der Waals surface area contributed by atoms with Crippen molar-refractivity contribution >= 4 is 54.4 Å². The van der Waals surface area contributed by atoms with Crippen molar-refractivity contribution in [2.75, 3.05) is 0 Å². The molecule has 0 amide bonds. The van der Waals surface area contributed by atoms with E-state index in [0.29, 0.717) is 0 Å². The van der Waals surface area contributed by atoms with E-state index in [0.717, 1.165) is 11.4 Å². The molecule has 8 aromatic carbocycles. The Labute approximate surface area is 278 Å². The maximum absolute atomic E-state index is 2.47. The van der Waals surface area contributed by atoms with E-state index in [9.17, 15) is 0 Å². The van der Waals surface area contributed by atoms with E-state index in [4.69, 9.17) is 0 Å². The summed E-state index contributed by atoms with van der Waals surface area (Å²) < 4.78 is 4.94. The average Bonchev–Trinajstić information content (AvgIpc) is 3.68. The Balaban J connectivity index is 1.27. The normalized spacial score (nSPS) is 11.8. The van der Waals surface area contributed by atoms with Crippen molar-refractivity contribution in [3.05, 3.63) is 182 Å². The molecular formula is C46H30N2. The Morgan fingerprint density at radius 1 is 0.271 bits per heavy atom. The molecule has 10 rings (SSSR count). The van der Waals surface area contributed by atoms with Crippen molar-refractivity contribution in [1.29, 1.82) is 0 Å². The highest BCUT2D eigenvalue weighted by Gasteiger charge is 2.21. The minimum Gasteiger partial charge on any atom is -0.307 e. The summed E-state index contributed by atoms with van der Waals surface area (Å²) >= 11 is 0. The number of hydrogen-bond acceptors (Lipinski definition) is 0. The molecule has 0 aliphatic heterocycles. The second-order valence-corrected chi connectivity index (χ2v) is 12.6. The third-order valence-electron chi connectivity index (χ3n) is 9.89. The van der Waals surface area contributed by atoms with Gasteiger partial charge in [-0.15, -0.1) is 0 Å². The van der Waals surface area contributed by atoms with Crippen LogP contribution in [0.5, 0.6) is 0 Å². The number of para-hydroxylation sites is 2. The molecule has 10 aromatic rings. The van der Waals surface area contributed by atoms with Gasteiger partial charge in [-0.3, -0.25) is 0 Å². The van der Waals surface area contributed by atoms with Crippen molar-refractivity contribution in [1.82, 2.24) is 9.13 Å². The fourth-order valence-corrected chi connectivity index (χ4v) is 7.64. The number of aromatic nitrogens is 2. The molecule has 2 heterocycles. The predicted molar refractivity (Wildman–Crippen MR) is 203 cm³/mol. The summed E-state index contributed by atoms with van der Waals surface area (Å²) in [5, 5.41) is 7.52. The highest BCUT2D eigenvalue weighted by molar-refractivity contribution is 6.24.